The largest absolute Gasteiger partial charge is 0.449 e. The van der Waals surface area contributed by atoms with E-state index in [1.165, 1.54) is 18.3 Å². The first-order valence-corrected chi connectivity index (χ1v) is 8.33. The van der Waals surface area contributed by atoms with Gasteiger partial charge in [0, 0.05) is 29.4 Å². The Morgan fingerprint density at radius 1 is 1.23 bits per heavy atom. The van der Waals surface area contributed by atoms with Crippen molar-refractivity contribution in [1.82, 2.24) is 19.9 Å². The third-order valence-corrected chi connectivity index (χ3v) is 3.95. The molecule has 3 rings (SSSR count). The van der Waals surface area contributed by atoms with Crippen LogP contribution in [0.4, 0.5) is 23.7 Å². The molecule has 6 nitrogen and oxygen atoms in total. The molecule has 0 unspecified atom stereocenters. The van der Waals surface area contributed by atoms with Crippen LogP contribution in [-0.4, -0.2) is 27.1 Å². The van der Waals surface area contributed by atoms with Gasteiger partial charge in [0.15, 0.2) is 5.65 Å². The van der Waals surface area contributed by atoms with Gasteiger partial charge in [-0.1, -0.05) is 22.0 Å². The van der Waals surface area contributed by atoms with Crippen molar-refractivity contribution >= 4 is 38.8 Å². The van der Waals surface area contributed by atoms with Crippen LogP contribution in [0.3, 0.4) is 0 Å². The van der Waals surface area contributed by atoms with Crippen LogP contribution in [0.1, 0.15) is 5.82 Å². The van der Waals surface area contributed by atoms with Crippen LogP contribution in [0.25, 0.3) is 11.2 Å². The maximum atomic E-state index is 13.2. The van der Waals surface area contributed by atoms with E-state index >= 15 is 0 Å². The fourth-order valence-electron chi connectivity index (χ4n) is 2.41. The summed E-state index contributed by atoms with van der Waals surface area (Å²) in [7, 11) is 0. The average Bonchev–Trinajstić information content (AvgIpc) is 2.94. The predicted molar refractivity (Wildman–Crippen MR) is 93.7 cm³/mol. The molecular formula is C16H13BrF3N5O. The summed E-state index contributed by atoms with van der Waals surface area (Å²) in [6.45, 7) is -0.140. The second-order valence-corrected chi connectivity index (χ2v) is 6.24. The summed E-state index contributed by atoms with van der Waals surface area (Å²) >= 11 is 3.28. The lowest BCUT2D eigenvalue weighted by molar-refractivity contribution is -0.146. The van der Waals surface area contributed by atoms with Crippen LogP contribution in [0.15, 0.2) is 47.1 Å². The van der Waals surface area contributed by atoms with Gasteiger partial charge in [-0.25, -0.2) is 14.8 Å². The van der Waals surface area contributed by atoms with Gasteiger partial charge in [0.05, 0.1) is 0 Å². The number of carbonyl (C=O) groups is 1. The third-order valence-electron chi connectivity index (χ3n) is 3.46. The summed E-state index contributed by atoms with van der Waals surface area (Å²) in [4.78, 5) is 19.5. The highest BCUT2D eigenvalue weighted by atomic mass is 79.9. The summed E-state index contributed by atoms with van der Waals surface area (Å²) in [6, 6.07) is 9.41. The summed E-state index contributed by atoms with van der Waals surface area (Å²) in [5, 5.41) is 5.13. The number of amides is 2. The van der Waals surface area contributed by atoms with Crippen LogP contribution >= 0.6 is 15.9 Å². The molecule has 0 bridgehead atoms. The normalized spacial score (nSPS) is 11.5. The summed E-state index contributed by atoms with van der Waals surface area (Å²) in [6.07, 6.45) is -3.21. The summed E-state index contributed by atoms with van der Waals surface area (Å²) < 4.78 is 41.3. The Labute approximate surface area is 154 Å². The number of anilines is 1. The molecule has 0 saturated heterocycles. The van der Waals surface area contributed by atoms with Crippen LogP contribution in [-0.2, 0) is 12.7 Å². The number of pyridine rings is 1. The van der Waals surface area contributed by atoms with E-state index in [1.807, 2.05) is 0 Å². The quantitative estimate of drug-likeness (QED) is 0.659. The minimum Gasteiger partial charge on any atom is -0.336 e. The number of carbonyl (C=O) groups excluding carboxylic acids is 1. The van der Waals surface area contributed by atoms with Gasteiger partial charge in [-0.3, -0.25) is 0 Å². The molecule has 2 N–H and O–H groups in total. The smallest absolute Gasteiger partial charge is 0.336 e. The molecule has 1 aromatic carbocycles. The number of halogens is 4. The Morgan fingerprint density at radius 2 is 2.04 bits per heavy atom. The van der Waals surface area contributed by atoms with Crippen molar-refractivity contribution < 1.29 is 18.0 Å². The van der Waals surface area contributed by atoms with E-state index in [2.05, 4.69) is 36.5 Å². The number of aromatic nitrogens is 3. The Balaban J connectivity index is 1.69. The molecule has 10 heteroatoms. The lowest BCUT2D eigenvalue weighted by Gasteiger charge is -2.12. The highest BCUT2D eigenvalue weighted by Gasteiger charge is 2.37. The number of alkyl halides is 3. The molecule has 2 amide bonds. The molecule has 0 aliphatic rings. The SMILES string of the molecule is O=C(NCCn1c(C(F)(F)F)nc2cccnc21)Nc1cccc(Br)c1. The van der Waals surface area contributed by atoms with E-state index < -0.39 is 18.0 Å². The molecule has 2 aromatic heterocycles. The maximum absolute atomic E-state index is 13.2. The topological polar surface area (TPSA) is 71.8 Å². The number of imidazole rings is 1. The molecule has 0 radical (unpaired) electrons. The third kappa shape index (κ3) is 4.13. The molecule has 0 fully saturated rings. The zero-order valence-electron chi connectivity index (χ0n) is 13.2. The molecule has 0 aliphatic carbocycles. The molecule has 2 heterocycles. The lowest BCUT2D eigenvalue weighted by atomic mass is 10.3. The highest BCUT2D eigenvalue weighted by Crippen LogP contribution is 2.30. The number of rotatable bonds is 4. The fourth-order valence-corrected chi connectivity index (χ4v) is 2.81. The number of fused-ring (bicyclic) bond motifs is 1. The Hall–Kier alpha value is -2.62. The first kappa shape index (κ1) is 18.2. The Kier molecular flexibility index (Phi) is 5.12. The van der Waals surface area contributed by atoms with Crippen LogP contribution in [0.2, 0.25) is 0 Å². The van der Waals surface area contributed by atoms with E-state index in [1.54, 1.807) is 24.3 Å². The van der Waals surface area contributed by atoms with Crippen molar-refractivity contribution in [2.45, 2.75) is 12.7 Å². The Bertz CT molecular complexity index is 941. The van der Waals surface area contributed by atoms with Crippen molar-refractivity contribution in [1.29, 1.82) is 0 Å². The van der Waals surface area contributed by atoms with Crippen molar-refractivity contribution in [3.8, 4) is 0 Å². The zero-order valence-corrected chi connectivity index (χ0v) is 14.8. The number of hydrogen-bond acceptors (Lipinski definition) is 3. The van der Waals surface area contributed by atoms with Crippen LogP contribution in [0.5, 0.6) is 0 Å². The van der Waals surface area contributed by atoms with Gasteiger partial charge >= 0.3 is 12.2 Å². The van der Waals surface area contributed by atoms with E-state index in [0.717, 1.165) is 9.04 Å². The standard InChI is InChI=1S/C16H13BrF3N5O/c17-10-3-1-4-11(9-10)23-15(26)22-7-8-25-13-12(5-2-6-21-13)24-14(25)16(18,19)20/h1-6,9H,7-8H2,(H2,22,23,26). The number of urea groups is 1. The number of nitrogens with zero attached hydrogens (tertiary/aromatic N) is 3. The first-order chi connectivity index (χ1) is 12.3. The number of nitrogens with one attached hydrogen (secondary N) is 2. The summed E-state index contributed by atoms with van der Waals surface area (Å²) in [5.74, 6) is -1.04. The molecule has 3 aromatic rings. The minimum absolute atomic E-state index is 0.0229. The summed E-state index contributed by atoms with van der Waals surface area (Å²) in [5.41, 5.74) is 0.829. The molecular weight excluding hydrogens is 415 g/mol. The van der Waals surface area contributed by atoms with Gasteiger partial charge < -0.3 is 15.2 Å². The Morgan fingerprint density at radius 3 is 2.77 bits per heavy atom. The average molecular weight is 428 g/mol. The van der Waals surface area contributed by atoms with E-state index in [-0.39, 0.29) is 24.3 Å². The molecule has 136 valence electrons. The molecule has 0 spiro atoms. The number of benzene rings is 1. The van der Waals surface area contributed by atoms with Gasteiger partial charge in [-0.2, -0.15) is 13.2 Å². The van der Waals surface area contributed by atoms with Gasteiger partial charge in [-0.05, 0) is 30.3 Å². The zero-order chi connectivity index (χ0) is 18.7. The minimum atomic E-state index is -4.61. The lowest BCUT2D eigenvalue weighted by Crippen LogP contribution is -2.32. The first-order valence-electron chi connectivity index (χ1n) is 7.53. The van der Waals surface area contributed by atoms with Crippen molar-refractivity contribution in [3.05, 3.63) is 52.9 Å². The second kappa shape index (κ2) is 7.32. The molecule has 26 heavy (non-hydrogen) atoms. The van der Waals surface area contributed by atoms with Crippen molar-refractivity contribution in [2.75, 3.05) is 11.9 Å². The number of hydrogen-bond donors (Lipinski definition) is 2. The molecule has 0 saturated carbocycles. The van der Waals surface area contributed by atoms with Crippen LogP contribution in [0, 0.1) is 0 Å². The van der Waals surface area contributed by atoms with Gasteiger partial charge in [0.1, 0.15) is 5.52 Å². The fraction of sp³-hybridized carbons (Fsp3) is 0.188. The highest BCUT2D eigenvalue weighted by molar-refractivity contribution is 9.10. The van der Waals surface area contributed by atoms with Gasteiger partial charge in [0.25, 0.3) is 0 Å². The predicted octanol–water partition coefficient (Wildman–Crippen LogP) is 4.03. The van der Waals surface area contributed by atoms with Crippen molar-refractivity contribution in [2.24, 2.45) is 0 Å². The monoisotopic (exact) mass is 427 g/mol. The maximum Gasteiger partial charge on any atom is 0.449 e. The molecule has 0 aliphatic heterocycles. The van der Waals surface area contributed by atoms with Gasteiger partial charge in [-0.15, -0.1) is 0 Å². The van der Waals surface area contributed by atoms with Gasteiger partial charge in [0.2, 0.25) is 5.82 Å². The van der Waals surface area contributed by atoms with Crippen LogP contribution < -0.4 is 10.6 Å². The van der Waals surface area contributed by atoms with E-state index in [4.69, 9.17) is 0 Å². The van der Waals surface area contributed by atoms with Crippen molar-refractivity contribution in [3.63, 3.8) is 0 Å². The molecule has 0 atom stereocenters. The van der Waals surface area contributed by atoms with E-state index in [9.17, 15) is 18.0 Å². The van der Waals surface area contributed by atoms with E-state index in [0.29, 0.717) is 5.69 Å². The second-order valence-electron chi connectivity index (χ2n) is 5.32.